The average molecular weight is 156 g/mol. The zero-order chi connectivity index (χ0) is 8.16. The van der Waals surface area contributed by atoms with Crippen molar-refractivity contribution in [3.63, 3.8) is 0 Å². The zero-order valence-electron chi connectivity index (χ0n) is 7.74. The molecule has 2 nitrogen and oxygen atoms in total. The van der Waals surface area contributed by atoms with Gasteiger partial charge >= 0.3 is 0 Å². The van der Waals surface area contributed by atoms with Crippen molar-refractivity contribution in [2.24, 2.45) is 5.41 Å². The summed E-state index contributed by atoms with van der Waals surface area (Å²) in [6.45, 7) is 5.76. The Morgan fingerprint density at radius 3 is 2.45 bits per heavy atom. The van der Waals surface area contributed by atoms with Crippen LogP contribution in [0.3, 0.4) is 0 Å². The van der Waals surface area contributed by atoms with Crippen molar-refractivity contribution >= 4 is 0 Å². The van der Waals surface area contributed by atoms with Gasteiger partial charge in [-0.2, -0.15) is 0 Å². The Morgan fingerprint density at radius 2 is 2.00 bits per heavy atom. The van der Waals surface area contributed by atoms with Crippen molar-refractivity contribution in [3.8, 4) is 0 Å². The maximum absolute atomic E-state index is 3.47. The summed E-state index contributed by atoms with van der Waals surface area (Å²) in [6.07, 6.45) is 4.27. The molecule has 2 N–H and O–H groups in total. The van der Waals surface area contributed by atoms with E-state index in [4.69, 9.17) is 0 Å². The van der Waals surface area contributed by atoms with E-state index in [-0.39, 0.29) is 0 Å². The molecule has 0 aliphatic heterocycles. The summed E-state index contributed by atoms with van der Waals surface area (Å²) in [4.78, 5) is 0. The molecule has 0 unspecified atom stereocenters. The fraction of sp³-hybridized carbons (Fsp3) is 1.00. The highest BCUT2D eigenvalue weighted by molar-refractivity contribution is 4.85. The quantitative estimate of drug-likeness (QED) is 0.580. The lowest BCUT2D eigenvalue weighted by Gasteiger charge is -2.38. The third kappa shape index (κ3) is 2.80. The molecular formula is C9H20N2. The first-order valence-corrected chi connectivity index (χ1v) is 4.62. The maximum atomic E-state index is 3.47. The molecule has 0 saturated heterocycles. The lowest BCUT2D eigenvalue weighted by Crippen LogP contribution is -2.39. The minimum atomic E-state index is 0.633. The SMILES string of the molecule is CNCCNCC1(C)CCC1. The van der Waals surface area contributed by atoms with Gasteiger partial charge in [-0.05, 0) is 25.3 Å². The fourth-order valence-electron chi connectivity index (χ4n) is 1.56. The summed E-state index contributed by atoms with van der Waals surface area (Å²) in [7, 11) is 1.99. The topological polar surface area (TPSA) is 24.1 Å². The van der Waals surface area contributed by atoms with E-state index in [2.05, 4.69) is 17.6 Å². The molecule has 1 fully saturated rings. The van der Waals surface area contributed by atoms with Gasteiger partial charge < -0.3 is 10.6 Å². The minimum Gasteiger partial charge on any atom is -0.318 e. The van der Waals surface area contributed by atoms with Crippen molar-refractivity contribution in [3.05, 3.63) is 0 Å². The van der Waals surface area contributed by atoms with Crippen molar-refractivity contribution in [1.82, 2.24) is 10.6 Å². The van der Waals surface area contributed by atoms with Crippen LogP contribution in [0.5, 0.6) is 0 Å². The standard InChI is InChI=1S/C9H20N2/c1-9(4-3-5-9)8-11-7-6-10-2/h10-11H,3-8H2,1-2H3. The van der Waals surface area contributed by atoms with Gasteiger partial charge in [0.15, 0.2) is 0 Å². The first-order chi connectivity index (χ1) is 5.27. The van der Waals surface area contributed by atoms with E-state index in [9.17, 15) is 0 Å². The van der Waals surface area contributed by atoms with E-state index < -0.39 is 0 Å². The van der Waals surface area contributed by atoms with Crippen molar-refractivity contribution in [1.29, 1.82) is 0 Å². The first kappa shape index (κ1) is 9.01. The number of hydrogen-bond donors (Lipinski definition) is 2. The van der Waals surface area contributed by atoms with E-state index in [0.29, 0.717) is 5.41 Å². The van der Waals surface area contributed by atoms with Gasteiger partial charge in [-0.1, -0.05) is 13.3 Å². The molecule has 0 aromatic rings. The molecule has 1 aliphatic carbocycles. The van der Waals surface area contributed by atoms with Crippen molar-refractivity contribution in [2.45, 2.75) is 26.2 Å². The van der Waals surface area contributed by atoms with Crippen molar-refractivity contribution in [2.75, 3.05) is 26.7 Å². The Morgan fingerprint density at radius 1 is 1.27 bits per heavy atom. The molecule has 66 valence electrons. The second-order valence-corrected chi connectivity index (χ2v) is 3.94. The normalized spacial score (nSPS) is 21.3. The number of rotatable bonds is 5. The van der Waals surface area contributed by atoms with Gasteiger partial charge in [0.25, 0.3) is 0 Å². The first-order valence-electron chi connectivity index (χ1n) is 4.62. The summed E-state index contributed by atoms with van der Waals surface area (Å²) < 4.78 is 0. The second kappa shape index (κ2) is 4.07. The van der Waals surface area contributed by atoms with Gasteiger partial charge in [0.1, 0.15) is 0 Å². The molecular weight excluding hydrogens is 136 g/mol. The maximum Gasteiger partial charge on any atom is 0.00768 e. The van der Waals surface area contributed by atoms with E-state index in [0.717, 1.165) is 13.1 Å². The average Bonchev–Trinajstić information content (AvgIpc) is 1.95. The molecule has 0 amide bonds. The predicted octanol–water partition coefficient (Wildman–Crippen LogP) is 0.986. The monoisotopic (exact) mass is 156 g/mol. The smallest absolute Gasteiger partial charge is 0.00768 e. The molecule has 0 heterocycles. The number of likely N-dealkylation sites (N-methyl/N-ethyl adjacent to an activating group) is 1. The molecule has 1 saturated carbocycles. The van der Waals surface area contributed by atoms with Crippen molar-refractivity contribution < 1.29 is 0 Å². The van der Waals surface area contributed by atoms with Crippen LogP contribution >= 0.6 is 0 Å². The van der Waals surface area contributed by atoms with E-state index in [1.807, 2.05) is 7.05 Å². The molecule has 0 aromatic heterocycles. The van der Waals surface area contributed by atoms with Gasteiger partial charge in [0, 0.05) is 19.6 Å². The number of nitrogens with one attached hydrogen (secondary N) is 2. The van der Waals surface area contributed by atoms with E-state index >= 15 is 0 Å². The molecule has 0 aromatic carbocycles. The molecule has 1 aliphatic rings. The summed E-state index contributed by atoms with van der Waals surface area (Å²) in [5.74, 6) is 0. The van der Waals surface area contributed by atoms with E-state index in [1.54, 1.807) is 0 Å². The molecule has 0 atom stereocenters. The number of hydrogen-bond acceptors (Lipinski definition) is 2. The van der Waals surface area contributed by atoms with Crippen LogP contribution < -0.4 is 10.6 Å². The lowest BCUT2D eigenvalue weighted by molar-refractivity contribution is 0.157. The van der Waals surface area contributed by atoms with Crippen LogP contribution in [0.15, 0.2) is 0 Å². The summed E-state index contributed by atoms with van der Waals surface area (Å²) in [6, 6.07) is 0. The van der Waals surface area contributed by atoms with Crippen LogP contribution in [0, 0.1) is 5.41 Å². The fourth-order valence-corrected chi connectivity index (χ4v) is 1.56. The molecule has 0 bridgehead atoms. The van der Waals surface area contributed by atoms with Gasteiger partial charge in [0.2, 0.25) is 0 Å². The van der Waals surface area contributed by atoms with E-state index in [1.165, 1.54) is 25.8 Å². The Kier molecular flexibility index (Phi) is 3.34. The highest BCUT2D eigenvalue weighted by Gasteiger charge is 2.30. The third-order valence-corrected chi connectivity index (χ3v) is 2.66. The van der Waals surface area contributed by atoms with Gasteiger partial charge in [-0.15, -0.1) is 0 Å². The van der Waals surface area contributed by atoms with Crippen LogP contribution in [-0.4, -0.2) is 26.7 Å². The van der Waals surface area contributed by atoms with Crippen LogP contribution in [0.2, 0.25) is 0 Å². The molecule has 1 rings (SSSR count). The third-order valence-electron chi connectivity index (χ3n) is 2.66. The van der Waals surface area contributed by atoms with Crippen LogP contribution in [0.4, 0.5) is 0 Å². The van der Waals surface area contributed by atoms with Gasteiger partial charge in [-0.3, -0.25) is 0 Å². The largest absolute Gasteiger partial charge is 0.318 e. The van der Waals surface area contributed by atoms with Crippen LogP contribution in [0.1, 0.15) is 26.2 Å². The lowest BCUT2D eigenvalue weighted by atomic mass is 9.70. The summed E-state index contributed by atoms with van der Waals surface area (Å²) in [5.41, 5.74) is 0.633. The predicted molar refractivity (Wildman–Crippen MR) is 48.8 cm³/mol. The Hall–Kier alpha value is -0.0800. The molecule has 2 heteroatoms. The highest BCUT2D eigenvalue weighted by atomic mass is 14.9. The second-order valence-electron chi connectivity index (χ2n) is 3.94. The molecule has 11 heavy (non-hydrogen) atoms. The van der Waals surface area contributed by atoms with Gasteiger partial charge in [0.05, 0.1) is 0 Å². The molecule has 0 radical (unpaired) electrons. The van der Waals surface area contributed by atoms with Gasteiger partial charge in [-0.25, -0.2) is 0 Å². The Balaban J connectivity index is 1.94. The minimum absolute atomic E-state index is 0.633. The summed E-state index contributed by atoms with van der Waals surface area (Å²) in [5, 5.41) is 6.59. The Bertz CT molecular complexity index is 108. The van der Waals surface area contributed by atoms with Crippen LogP contribution in [0.25, 0.3) is 0 Å². The zero-order valence-corrected chi connectivity index (χ0v) is 7.74. The molecule has 0 spiro atoms. The summed E-state index contributed by atoms with van der Waals surface area (Å²) >= 11 is 0. The highest BCUT2D eigenvalue weighted by Crippen LogP contribution is 2.39. The van der Waals surface area contributed by atoms with Crippen LogP contribution in [-0.2, 0) is 0 Å². The Labute approximate surface area is 69.8 Å².